The molecule has 1 aliphatic heterocycles. The molecule has 0 atom stereocenters. The Morgan fingerprint density at radius 3 is 2.21 bits per heavy atom. The molecule has 3 aromatic carbocycles. The van der Waals surface area contributed by atoms with Crippen LogP contribution in [0.4, 0.5) is 5.82 Å². The summed E-state index contributed by atoms with van der Waals surface area (Å²) in [5, 5.41) is 0.871. The number of hydrogen-bond donors (Lipinski definition) is 0. The van der Waals surface area contributed by atoms with Crippen LogP contribution in [0.5, 0.6) is 23.0 Å². The van der Waals surface area contributed by atoms with Crippen molar-refractivity contribution in [2.45, 2.75) is 13.0 Å². The van der Waals surface area contributed by atoms with Crippen LogP contribution in [-0.2, 0) is 13.0 Å². The van der Waals surface area contributed by atoms with Crippen molar-refractivity contribution in [1.29, 1.82) is 0 Å². The molecule has 0 fully saturated rings. The minimum absolute atomic E-state index is 0.525. The summed E-state index contributed by atoms with van der Waals surface area (Å²) < 4.78 is 22.0. The zero-order valence-electron chi connectivity index (χ0n) is 19.8. The van der Waals surface area contributed by atoms with Gasteiger partial charge in [-0.2, -0.15) is 0 Å². The van der Waals surface area contributed by atoms with Crippen LogP contribution in [-0.4, -0.2) is 45.0 Å². The third-order valence-corrected chi connectivity index (χ3v) is 6.35. The van der Waals surface area contributed by atoms with Gasteiger partial charge in [0.1, 0.15) is 23.4 Å². The smallest absolute Gasteiger partial charge is 0.205 e. The lowest BCUT2D eigenvalue weighted by Crippen LogP contribution is -2.31. The van der Waals surface area contributed by atoms with Crippen molar-refractivity contribution in [3.8, 4) is 34.1 Å². The molecule has 174 valence electrons. The molecule has 0 saturated heterocycles. The van der Waals surface area contributed by atoms with E-state index in [4.69, 9.17) is 18.9 Å². The zero-order chi connectivity index (χ0) is 23.7. The number of benzene rings is 3. The third-order valence-electron chi connectivity index (χ3n) is 6.35. The predicted octanol–water partition coefficient (Wildman–Crippen LogP) is 4.89. The molecule has 0 aliphatic carbocycles. The van der Waals surface area contributed by atoms with Crippen molar-refractivity contribution in [3.05, 3.63) is 66.0 Å². The van der Waals surface area contributed by atoms with Gasteiger partial charge in [0.05, 0.1) is 33.8 Å². The molecular weight excluding hydrogens is 430 g/mol. The van der Waals surface area contributed by atoms with E-state index in [0.717, 1.165) is 36.5 Å². The summed E-state index contributed by atoms with van der Waals surface area (Å²) in [6.07, 6.45) is 2.50. The number of nitrogens with zero attached hydrogens (tertiary/aromatic N) is 3. The summed E-state index contributed by atoms with van der Waals surface area (Å²) in [5.74, 6) is 3.37. The van der Waals surface area contributed by atoms with Gasteiger partial charge >= 0.3 is 0 Å². The molecule has 0 spiro atoms. The SMILES string of the molecule is COc1ccc(-c2ccc3c(c2)CCN(c2ncnc4c(OC)c(OC)c(OC)cc24)C3)cc1. The molecular formula is C27H27N3O4. The Morgan fingerprint density at radius 1 is 0.735 bits per heavy atom. The second kappa shape index (κ2) is 9.09. The molecule has 0 bridgehead atoms. The third kappa shape index (κ3) is 3.73. The molecule has 0 radical (unpaired) electrons. The lowest BCUT2D eigenvalue weighted by Gasteiger charge is -2.31. The molecule has 7 heteroatoms. The van der Waals surface area contributed by atoms with Gasteiger partial charge in [0.25, 0.3) is 0 Å². The minimum Gasteiger partial charge on any atom is -0.497 e. The second-order valence-corrected chi connectivity index (χ2v) is 8.12. The van der Waals surface area contributed by atoms with E-state index in [2.05, 4.69) is 45.2 Å². The van der Waals surface area contributed by atoms with Crippen molar-refractivity contribution in [3.63, 3.8) is 0 Å². The van der Waals surface area contributed by atoms with Gasteiger partial charge in [-0.1, -0.05) is 30.3 Å². The number of rotatable bonds is 6. The van der Waals surface area contributed by atoms with Crippen LogP contribution < -0.4 is 23.8 Å². The van der Waals surface area contributed by atoms with Crippen molar-refractivity contribution in [2.75, 3.05) is 39.9 Å². The van der Waals surface area contributed by atoms with Crippen molar-refractivity contribution >= 4 is 16.7 Å². The Morgan fingerprint density at radius 2 is 1.50 bits per heavy atom. The lowest BCUT2D eigenvalue weighted by molar-refractivity contribution is 0.327. The summed E-state index contributed by atoms with van der Waals surface area (Å²) in [6, 6.07) is 16.8. The molecule has 0 unspecified atom stereocenters. The molecule has 0 saturated carbocycles. The molecule has 1 aromatic heterocycles. The van der Waals surface area contributed by atoms with Crippen molar-refractivity contribution in [1.82, 2.24) is 9.97 Å². The molecule has 4 aromatic rings. The first-order valence-corrected chi connectivity index (χ1v) is 11.1. The van der Waals surface area contributed by atoms with E-state index < -0.39 is 0 Å². The van der Waals surface area contributed by atoms with E-state index in [1.165, 1.54) is 22.3 Å². The fourth-order valence-electron chi connectivity index (χ4n) is 4.60. The summed E-state index contributed by atoms with van der Waals surface area (Å²) >= 11 is 0. The van der Waals surface area contributed by atoms with Crippen LogP contribution in [0.1, 0.15) is 11.1 Å². The topological polar surface area (TPSA) is 65.9 Å². The van der Waals surface area contributed by atoms with Crippen molar-refractivity contribution in [2.24, 2.45) is 0 Å². The molecule has 0 N–H and O–H groups in total. The lowest BCUT2D eigenvalue weighted by atomic mass is 9.94. The summed E-state index contributed by atoms with van der Waals surface area (Å²) in [6.45, 7) is 1.61. The van der Waals surface area contributed by atoms with Crippen LogP contribution in [0.3, 0.4) is 0 Å². The Hall–Kier alpha value is -4.00. The van der Waals surface area contributed by atoms with E-state index in [0.29, 0.717) is 22.8 Å². The first-order valence-electron chi connectivity index (χ1n) is 11.1. The fraction of sp³-hybridized carbons (Fsp3) is 0.259. The van der Waals surface area contributed by atoms with Crippen LogP contribution in [0, 0.1) is 0 Å². The molecule has 5 rings (SSSR count). The highest BCUT2D eigenvalue weighted by atomic mass is 16.5. The summed E-state index contributed by atoms with van der Waals surface area (Å²) in [4.78, 5) is 11.4. The van der Waals surface area contributed by atoms with Gasteiger partial charge in [-0.25, -0.2) is 9.97 Å². The average molecular weight is 458 g/mol. The molecule has 7 nitrogen and oxygen atoms in total. The number of ether oxygens (including phenoxy) is 4. The number of methoxy groups -OCH3 is 4. The highest BCUT2D eigenvalue weighted by Gasteiger charge is 2.24. The maximum absolute atomic E-state index is 5.64. The van der Waals surface area contributed by atoms with Gasteiger partial charge in [0.15, 0.2) is 11.5 Å². The minimum atomic E-state index is 0.525. The fourth-order valence-corrected chi connectivity index (χ4v) is 4.60. The van der Waals surface area contributed by atoms with Crippen molar-refractivity contribution < 1.29 is 18.9 Å². The maximum Gasteiger partial charge on any atom is 0.205 e. The Kier molecular flexibility index (Phi) is 5.84. The standard InChI is InChI=1S/C27H27N3O4/c1-31-21-9-7-17(8-10-21)18-5-6-20-15-30(12-11-19(20)13-18)27-22-14-23(32-2)25(33-3)26(34-4)24(22)28-16-29-27/h5-10,13-14,16H,11-12,15H2,1-4H3. The van der Waals surface area contributed by atoms with E-state index >= 15 is 0 Å². The number of hydrogen-bond acceptors (Lipinski definition) is 7. The van der Waals surface area contributed by atoms with Gasteiger partial charge in [-0.15, -0.1) is 0 Å². The Bertz CT molecular complexity index is 1340. The van der Waals surface area contributed by atoms with E-state index in [9.17, 15) is 0 Å². The van der Waals surface area contributed by atoms with Crippen LogP contribution in [0.2, 0.25) is 0 Å². The number of anilines is 1. The predicted molar refractivity (Wildman–Crippen MR) is 132 cm³/mol. The van der Waals surface area contributed by atoms with Gasteiger partial charge < -0.3 is 23.8 Å². The first kappa shape index (κ1) is 21.8. The second-order valence-electron chi connectivity index (χ2n) is 8.12. The van der Waals surface area contributed by atoms with E-state index in [1.807, 2.05) is 18.2 Å². The molecule has 1 aliphatic rings. The van der Waals surface area contributed by atoms with E-state index in [-0.39, 0.29) is 0 Å². The highest BCUT2D eigenvalue weighted by Crippen LogP contribution is 2.44. The summed E-state index contributed by atoms with van der Waals surface area (Å²) in [7, 11) is 6.50. The van der Waals surface area contributed by atoms with Crippen LogP contribution in [0.25, 0.3) is 22.0 Å². The largest absolute Gasteiger partial charge is 0.497 e. The Balaban J connectivity index is 1.49. The maximum atomic E-state index is 5.64. The van der Waals surface area contributed by atoms with E-state index in [1.54, 1.807) is 34.8 Å². The van der Waals surface area contributed by atoms with Crippen LogP contribution >= 0.6 is 0 Å². The Labute approximate surface area is 198 Å². The highest BCUT2D eigenvalue weighted by molar-refractivity contribution is 5.97. The normalized spacial score (nSPS) is 12.9. The molecule has 34 heavy (non-hydrogen) atoms. The molecule has 0 amide bonds. The number of fused-ring (bicyclic) bond motifs is 2. The van der Waals surface area contributed by atoms with Crippen LogP contribution in [0.15, 0.2) is 54.9 Å². The monoisotopic (exact) mass is 457 g/mol. The molecule has 2 heterocycles. The van der Waals surface area contributed by atoms with Gasteiger partial charge in [-0.05, 0) is 46.9 Å². The van der Waals surface area contributed by atoms with Gasteiger partial charge in [0, 0.05) is 13.1 Å². The number of aromatic nitrogens is 2. The average Bonchev–Trinajstić information content (AvgIpc) is 2.90. The summed E-state index contributed by atoms with van der Waals surface area (Å²) in [5.41, 5.74) is 5.75. The van der Waals surface area contributed by atoms with Gasteiger partial charge in [-0.3, -0.25) is 0 Å². The quantitative estimate of drug-likeness (QED) is 0.408. The first-order chi connectivity index (χ1) is 16.7. The van der Waals surface area contributed by atoms with Gasteiger partial charge in [0.2, 0.25) is 5.75 Å². The zero-order valence-corrected chi connectivity index (χ0v) is 19.8.